The minimum atomic E-state index is 0.481. The quantitative estimate of drug-likeness (QED) is 0.540. The highest BCUT2D eigenvalue weighted by molar-refractivity contribution is 5.92. The fourth-order valence-corrected chi connectivity index (χ4v) is 3.62. The number of hydrogen-bond acceptors (Lipinski definition) is 9. The molecular weight excluding hydrogens is 392 g/mol. The van der Waals surface area contributed by atoms with Gasteiger partial charge in [0.05, 0.1) is 13.2 Å². The van der Waals surface area contributed by atoms with Gasteiger partial charge in [0.2, 0.25) is 17.8 Å². The average molecular weight is 423 g/mol. The van der Waals surface area contributed by atoms with E-state index in [1.54, 1.807) is 6.20 Å². The summed E-state index contributed by atoms with van der Waals surface area (Å²) >= 11 is 0. The van der Waals surface area contributed by atoms with E-state index in [0.717, 1.165) is 69.1 Å². The number of hydrogen-bond donors (Lipinski definition) is 2. The highest BCUT2D eigenvalue weighted by atomic mass is 16.5. The second-order valence-electron chi connectivity index (χ2n) is 7.34. The maximum atomic E-state index is 5.42. The summed E-state index contributed by atoms with van der Waals surface area (Å²) in [6, 6.07) is 10.1. The molecule has 0 spiro atoms. The second-order valence-corrected chi connectivity index (χ2v) is 7.34. The average Bonchev–Trinajstić information content (AvgIpc) is 2.81. The molecule has 9 heteroatoms. The summed E-state index contributed by atoms with van der Waals surface area (Å²) in [5, 5.41) is 8.81. The normalized spacial score (nSPS) is 14.5. The van der Waals surface area contributed by atoms with Gasteiger partial charge in [-0.2, -0.15) is 15.0 Å². The van der Waals surface area contributed by atoms with E-state index in [0.29, 0.717) is 17.8 Å². The van der Waals surface area contributed by atoms with Crippen LogP contribution in [0.3, 0.4) is 0 Å². The molecule has 3 heterocycles. The number of rotatable bonds is 9. The molecule has 1 fully saturated rings. The molecule has 0 unspecified atom stereocenters. The van der Waals surface area contributed by atoms with Crippen LogP contribution in [0, 0.1) is 0 Å². The standard InChI is InChI=1S/C22H30N8O/c1-3-30(4-2)22-27-20(24-11-12-29-13-15-31-16-14-29)26-21(28-22)25-19-18-8-6-5-7-17(18)9-10-23-19/h5-10H,3-4,11-16H2,1-2H3,(H2,23,24,25,26,27,28). The molecule has 164 valence electrons. The van der Waals surface area contributed by atoms with Crippen LogP contribution < -0.4 is 15.5 Å². The summed E-state index contributed by atoms with van der Waals surface area (Å²) in [7, 11) is 0. The SMILES string of the molecule is CCN(CC)c1nc(NCCN2CCOCC2)nc(Nc2nccc3ccccc23)n1. The first-order valence-corrected chi connectivity index (χ1v) is 10.9. The summed E-state index contributed by atoms with van der Waals surface area (Å²) in [6.07, 6.45) is 1.79. The number of nitrogens with one attached hydrogen (secondary N) is 2. The molecule has 2 aromatic heterocycles. The van der Waals surface area contributed by atoms with Gasteiger partial charge in [-0.25, -0.2) is 4.98 Å². The van der Waals surface area contributed by atoms with Crippen LogP contribution in [0.1, 0.15) is 13.8 Å². The number of nitrogens with zero attached hydrogens (tertiary/aromatic N) is 6. The lowest BCUT2D eigenvalue weighted by atomic mass is 10.1. The van der Waals surface area contributed by atoms with Gasteiger partial charge in [-0.05, 0) is 25.3 Å². The first kappa shape index (κ1) is 21.2. The zero-order chi connectivity index (χ0) is 21.5. The Labute approximate surface area is 182 Å². The lowest BCUT2D eigenvalue weighted by Gasteiger charge is -2.26. The Morgan fingerprint density at radius 3 is 2.58 bits per heavy atom. The molecule has 4 rings (SSSR count). The molecule has 3 aromatic rings. The van der Waals surface area contributed by atoms with E-state index >= 15 is 0 Å². The zero-order valence-electron chi connectivity index (χ0n) is 18.2. The van der Waals surface area contributed by atoms with Crippen molar-refractivity contribution in [3.05, 3.63) is 36.5 Å². The Morgan fingerprint density at radius 2 is 1.77 bits per heavy atom. The lowest BCUT2D eigenvalue weighted by molar-refractivity contribution is 0.0398. The molecule has 1 aliphatic rings. The van der Waals surface area contributed by atoms with Crippen molar-refractivity contribution in [1.29, 1.82) is 0 Å². The van der Waals surface area contributed by atoms with Crippen LogP contribution >= 0.6 is 0 Å². The number of aromatic nitrogens is 4. The van der Waals surface area contributed by atoms with Crippen LogP contribution in [0.25, 0.3) is 10.8 Å². The minimum absolute atomic E-state index is 0.481. The monoisotopic (exact) mass is 422 g/mol. The van der Waals surface area contributed by atoms with Gasteiger partial charge in [-0.15, -0.1) is 0 Å². The van der Waals surface area contributed by atoms with Gasteiger partial charge in [0.25, 0.3) is 0 Å². The van der Waals surface area contributed by atoms with E-state index in [2.05, 4.69) is 60.3 Å². The number of anilines is 4. The maximum Gasteiger partial charge on any atom is 0.235 e. The zero-order valence-corrected chi connectivity index (χ0v) is 18.2. The molecular formula is C22H30N8O. The summed E-state index contributed by atoms with van der Waals surface area (Å²) in [5.74, 6) is 2.42. The fourth-order valence-electron chi connectivity index (χ4n) is 3.62. The van der Waals surface area contributed by atoms with Crippen molar-refractivity contribution in [3.8, 4) is 0 Å². The van der Waals surface area contributed by atoms with Gasteiger partial charge >= 0.3 is 0 Å². The van der Waals surface area contributed by atoms with Crippen molar-refractivity contribution in [2.75, 3.05) is 68.0 Å². The van der Waals surface area contributed by atoms with Crippen LogP contribution in [0.2, 0.25) is 0 Å². The van der Waals surface area contributed by atoms with Crippen LogP contribution in [-0.4, -0.2) is 77.3 Å². The first-order chi connectivity index (χ1) is 15.3. The predicted molar refractivity (Wildman–Crippen MR) is 124 cm³/mol. The summed E-state index contributed by atoms with van der Waals surface area (Å²) in [5.41, 5.74) is 0. The van der Waals surface area contributed by atoms with Gasteiger partial charge in [0, 0.05) is 50.9 Å². The third-order valence-electron chi connectivity index (χ3n) is 5.39. The molecule has 0 radical (unpaired) electrons. The first-order valence-electron chi connectivity index (χ1n) is 10.9. The minimum Gasteiger partial charge on any atom is -0.379 e. The molecule has 31 heavy (non-hydrogen) atoms. The Balaban J connectivity index is 1.55. The van der Waals surface area contributed by atoms with Crippen molar-refractivity contribution in [2.24, 2.45) is 0 Å². The van der Waals surface area contributed by atoms with Crippen LogP contribution in [0.4, 0.5) is 23.7 Å². The highest BCUT2D eigenvalue weighted by Gasteiger charge is 2.14. The van der Waals surface area contributed by atoms with Gasteiger partial charge in [-0.1, -0.05) is 24.3 Å². The van der Waals surface area contributed by atoms with E-state index in [1.807, 2.05) is 24.3 Å². The Hall–Kier alpha value is -3.04. The molecule has 0 aliphatic carbocycles. The van der Waals surface area contributed by atoms with E-state index in [4.69, 9.17) is 4.74 Å². The Morgan fingerprint density at radius 1 is 1.00 bits per heavy atom. The third-order valence-corrected chi connectivity index (χ3v) is 5.39. The molecule has 1 aromatic carbocycles. The van der Waals surface area contributed by atoms with Gasteiger partial charge in [-0.3, -0.25) is 4.90 Å². The van der Waals surface area contributed by atoms with Crippen molar-refractivity contribution in [2.45, 2.75) is 13.8 Å². The van der Waals surface area contributed by atoms with E-state index in [-0.39, 0.29) is 0 Å². The number of benzene rings is 1. The second kappa shape index (κ2) is 10.3. The fraction of sp³-hybridized carbons (Fsp3) is 0.455. The third kappa shape index (κ3) is 5.36. The summed E-state index contributed by atoms with van der Waals surface area (Å²) in [4.78, 5) is 22.9. The molecule has 0 bridgehead atoms. The maximum absolute atomic E-state index is 5.42. The lowest BCUT2D eigenvalue weighted by Crippen LogP contribution is -2.39. The molecule has 2 N–H and O–H groups in total. The molecule has 0 saturated carbocycles. The highest BCUT2D eigenvalue weighted by Crippen LogP contribution is 2.24. The molecule has 9 nitrogen and oxygen atoms in total. The Kier molecular flexibility index (Phi) is 7.06. The van der Waals surface area contributed by atoms with Crippen molar-refractivity contribution < 1.29 is 4.74 Å². The van der Waals surface area contributed by atoms with Gasteiger partial charge in [0.1, 0.15) is 5.82 Å². The molecule has 1 aliphatic heterocycles. The van der Waals surface area contributed by atoms with Crippen LogP contribution in [0.5, 0.6) is 0 Å². The van der Waals surface area contributed by atoms with E-state index < -0.39 is 0 Å². The largest absolute Gasteiger partial charge is 0.379 e. The van der Waals surface area contributed by atoms with E-state index in [1.165, 1.54) is 0 Å². The van der Waals surface area contributed by atoms with Crippen molar-refractivity contribution >= 4 is 34.4 Å². The van der Waals surface area contributed by atoms with Crippen LogP contribution in [0.15, 0.2) is 36.5 Å². The summed E-state index contributed by atoms with van der Waals surface area (Å²) in [6.45, 7) is 11.0. The van der Waals surface area contributed by atoms with Crippen LogP contribution in [-0.2, 0) is 4.74 Å². The number of fused-ring (bicyclic) bond motifs is 1. The molecule has 0 atom stereocenters. The van der Waals surface area contributed by atoms with Crippen molar-refractivity contribution in [1.82, 2.24) is 24.8 Å². The predicted octanol–water partition coefficient (Wildman–Crippen LogP) is 2.75. The van der Waals surface area contributed by atoms with Gasteiger partial charge < -0.3 is 20.3 Å². The topological polar surface area (TPSA) is 91.3 Å². The van der Waals surface area contributed by atoms with Gasteiger partial charge in [0.15, 0.2) is 0 Å². The number of morpholine rings is 1. The van der Waals surface area contributed by atoms with E-state index in [9.17, 15) is 0 Å². The smallest absolute Gasteiger partial charge is 0.235 e. The van der Waals surface area contributed by atoms with Crippen molar-refractivity contribution in [3.63, 3.8) is 0 Å². The summed E-state index contributed by atoms with van der Waals surface area (Å²) < 4.78 is 5.42. The number of ether oxygens (including phenoxy) is 1. The number of pyridine rings is 1. The Bertz CT molecular complexity index is 983. The molecule has 1 saturated heterocycles. The molecule has 0 amide bonds.